The molecule has 0 amide bonds. The third-order valence-electron chi connectivity index (χ3n) is 2.60. The van der Waals surface area contributed by atoms with Crippen molar-refractivity contribution in [1.82, 2.24) is 0 Å². The van der Waals surface area contributed by atoms with Crippen LogP contribution in [0.5, 0.6) is 0 Å². The summed E-state index contributed by atoms with van der Waals surface area (Å²) < 4.78 is 0. The molecule has 1 fully saturated rings. The van der Waals surface area contributed by atoms with Crippen molar-refractivity contribution in [3.8, 4) is 0 Å². The second-order valence-corrected chi connectivity index (χ2v) is 3.71. The molecular weight excluding hydrogens is 176 g/mol. The van der Waals surface area contributed by atoms with Gasteiger partial charge in [-0.1, -0.05) is 27.6 Å². The first-order valence-corrected chi connectivity index (χ1v) is 4.79. The fourth-order valence-corrected chi connectivity index (χ4v) is 2.74. The van der Waals surface area contributed by atoms with Crippen LogP contribution in [0, 0.1) is 11.8 Å². The lowest BCUT2D eigenvalue weighted by Crippen LogP contribution is -1.97. The second-order valence-electron chi connectivity index (χ2n) is 3.15. The Morgan fingerprint density at radius 3 is 2.78 bits per heavy atom. The Balaban J connectivity index is 2.18. The predicted molar refractivity (Wildman–Crippen MR) is 42.7 cm³/mol. The van der Waals surface area contributed by atoms with Crippen molar-refractivity contribution in [3.63, 3.8) is 0 Å². The van der Waals surface area contributed by atoms with Crippen LogP contribution < -0.4 is 0 Å². The first kappa shape index (κ1) is 5.96. The van der Waals surface area contributed by atoms with Gasteiger partial charge < -0.3 is 0 Å². The molecule has 0 unspecified atom stereocenters. The molecule has 0 nitrogen and oxygen atoms in total. The van der Waals surface area contributed by atoms with E-state index >= 15 is 0 Å². The van der Waals surface area contributed by atoms with Gasteiger partial charge in [-0.3, -0.25) is 0 Å². The lowest BCUT2D eigenvalue weighted by Gasteiger charge is -2.08. The highest BCUT2D eigenvalue weighted by Gasteiger charge is 2.31. The van der Waals surface area contributed by atoms with Crippen LogP contribution in [0.2, 0.25) is 0 Å². The van der Waals surface area contributed by atoms with Crippen LogP contribution in [0.1, 0.15) is 19.3 Å². The standard InChI is InChI=1S/C8H11Br/c9-5-8-4-6-1-2-7(8)3-6/h4,6-7H,1-3,5H2/t6-,7+/m0/s1. The Morgan fingerprint density at radius 2 is 2.44 bits per heavy atom. The van der Waals surface area contributed by atoms with Gasteiger partial charge >= 0.3 is 0 Å². The lowest BCUT2D eigenvalue weighted by atomic mass is 10.0. The first-order valence-electron chi connectivity index (χ1n) is 3.66. The average Bonchev–Trinajstić information content (AvgIpc) is 2.45. The molecule has 2 aliphatic carbocycles. The summed E-state index contributed by atoms with van der Waals surface area (Å²) in [7, 11) is 0. The summed E-state index contributed by atoms with van der Waals surface area (Å²) in [6.45, 7) is 0. The van der Waals surface area contributed by atoms with E-state index in [0.29, 0.717) is 0 Å². The summed E-state index contributed by atoms with van der Waals surface area (Å²) in [4.78, 5) is 0. The van der Waals surface area contributed by atoms with Gasteiger partial charge in [0.2, 0.25) is 0 Å². The number of halogens is 1. The monoisotopic (exact) mass is 186 g/mol. The average molecular weight is 187 g/mol. The smallest absolute Gasteiger partial charge is 0.0244 e. The highest BCUT2D eigenvalue weighted by atomic mass is 79.9. The van der Waals surface area contributed by atoms with Crippen molar-refractivity contribution in [2.24, 2.45) is 11.8 Å². The van der Waals surface area contributed by atoms with Gasteiger partial charge in [-0.05, 0) is 31.1 Å². The van der Waals surface area contributed by atoms with E-state index in [0.717, 1.165) is 17.2 Å². The summed E-state index contributed by atoms with van der Waals surface area (Å²) in [6, 6.07) is 0. The van der Waals surface area contributed by atoms with Crippen LogP contribution in [0.3, 0.4) is 0 Å². The molecule has 2 atom stereocenters. The van der Waals surface area contributed by atoms with E-state index in [4.69, 9.17) is 0 Å². The topological polar surface area (TPSA) is 0 Å². The largest absolute Gasteiger partial charge is 0.0880 e. The molecule has 0 spiro atoms. The highest BCUT2D eigenvalue weighted by molar-refractivity contribution is 9.09. The lowest BCUT2D eigenvalue weighted by molar-refractivity contribution is 0.661. The molecule has 0 radical (unpaired) electrons. The maximum atomic E-state index is 3.51. The number of fused-ring (bicyclic) bond motifs is 2. The molecule has 0 aliphatic heterocycles. The summed E-state index contributed by atoms with van der Waals surface area (Å²) in [5.41, 5.74) is 1.67. The van der Waals surface area contributed by atoms with Crippen LogP contribution in [0.15, 0.2) is 11.6 Å². The van der Waals surface area contributed by atoms with Crippen LogP contribution in [-0.4, -0.2) is 5.33 Å². The predicted octanol–water partition coefficient (Wildman–Crippen LogP) is 2.74. The molecule has 0 aromatic heterocycles. The highest BCUT2D eigenvalue weighted by Crippen LogP contribution is 2.43. The molecule has 50 valence electrons. The van der Waals surface area contributed by atoms with Crippen molar-refractivity contribution < 1.29 is 0 Å². The van der Waals surface area contributed by atoms with Crippen LogP contribution in [-0.2, 0) is 0 Å². The van der Waals surface area contributed by atoms with Crippen LogP contribution >= 0.6 is 15.9 Å². The Hall–Kier alpha value is 0.220. The molecule has 9 heavy (non-hydrogen) atoms. The molecule has 0 saturated heterocycles. The molecule has 2 aliphatic rings. The Morgan fingerprint density at radius 1 is 1.56 bits per heavy atom. The zero-order chi connectivity index (χ0) is 6.27. The van der Waals surface area contributed by atoms with E-state index in [1.165, 1.54) is 19.3 Å². The number of hydrogen-bond acceptors (Lipinski definition) is 0. The zero-order valence-electron chi connectivity index (χ0n) is 5.44. The molecule has 0 N–H and O–H groups in total. The van der Waals surface area contributed by atoms with Crippen LogP contribution in [0.25, 0.3) is 0 Å². The quantitative estimate of drug-likeness (QED) is 0.437. The molecule has 1 heteroatoms. The Labute approximate surface area is 64.5 Å². The molecule has 0 aromatic carbocycles. The number of hydrogen-bond donors (Lipinski definition) is 0. The summed E-state index contributed by atoms with van der Waals surface area (Å²) in [5, 5.41) is 1.12. The van der Waals surface area contributed by atoms with E-state index in [-0.39, 0.29) is 0 Å². The number of rotatable bonds is 1. The molecule has 0 aromatic rings. The van der Waals surface area contributed by atoms with Gasteiger partial charge in [0, 0.05) is 5.33 Å². The third kappa shape index (κ3) is 0.861. The van der Waals surface area contributed by atoms with E-state index in [1.54, 1.807) is 5.57 Å². The molecule has 2 rings (SSSR count). The normalized spacial score (nSPS) is 39.4. The fourth-order valence-electron chi connectivity index (χ4n) is 2.10. The fraction of sp³-hybridized carbons (Fsp3) is 0.750. The van der Waals surface area contributed by atoms with Gasteiger partial charge in [0.05, 0.1) is 0 Å². The summed E-state index contributed by atoms with van der Waals surface area (Å²) >= 11 is 3.51. The zero-order valence-corrected chi connectivity index (χ0v) is 7.02. The minimum Gasteiger partial charge on any atom is -0.0880 e. The second kappa shape index (κ2) is 2.12. The van der Waals surface area contributed by atoms with E-state index < -0.39 is 0 Å². The Bertz CT molecular complexity index is 149. The minimum absolute atomic E-state index is 0.961. The van der Waals surface area contributed by atoms with Gasteiger partial charge in [0.25, 0.3) is 0 Å². The van der Waals surface area contributed by atoms with Crippen molar-refractivity contribution in [3.05, 3.63) is 11.6 Å². The maximum Gasteiger partial charge on any atom is 0.0244 e. The number of allylic oxidation sites excluding steroid dienone is 2. The van der Waals surface area contributed by atoms with Gasteiger partial charge in [-0.25, -0.2) is 0 Å². The van der Waals surface area contributed by atoms with Gasteiger partial charge in [-0.2, -0.15) is 0 Å². The van der Waals surface area contributed by atoms with Crippen molar-refractivity contribution in [2.75, 3.05) is 5.33 Å². The Kier molecular flexibility index (Phi) is 1.40. The number of alkyl halides is 1. The van der Waals surface area contributed by atoms with Gasteiger partial charge in [0.1, 0.15) is 0 Å². The van der Waals surface area contributed by atoms with E-state index in [9.17, 15) is 0 Å². The van der Waals surface area contributed by atoms with E-state index in [1.807, 2.05) is 0 Å². The molecular formula is C8H11Br. The summed E-state index contributed by atoms with van der Waals surface area (Å²) in [6.07, 6.45) is 6.85. The maximum absolute atomic E-state index is 3.51. The van der Waals surface area contributed by atoms with Crippen molar-refractivity contribution >= 4 is 15.9 Å². The van der Waals surface area contributed by atoms with Crippen molar-refractivity contribution in [1.29, 1.82) is 0 Å². The van der Waals surface area contributed by atoms with Gasteiger partial charge in [0.15, 0.2) is 0 Å². The summed E-state index contributed by atoms with van der Waals surface area (Å²) in [5.74, 6) is 1.93. The van der Waals surface area contributed by atoms with Crippen molar-refractivity contribution in [2.45, 2.75) is 19.3 Å². The molecule has 1 saturated carbocycles. The first-order chi connectivity index (χ1) is 4.40. The molecule has 2 bridgehead atoms. The van der Waals surface area contributed by atoms with Crippen LogP contribution in [0.4, 0.5) is 0 Å². The third-order valence-corrected chi connectivity index (χ3v) is 3.25. The van der Waals surface area contributed by atoms with Gasteiger partial charge in [-0.15, -0.1) is 0 Å². The molecule has 0 heterocycles. The van der Waals surface area contributed by atoms with E-state index in [2.05, 4.69) is 22.0 Å². The minimum atomic E-state index is 0.961. The SMILES string of the molecule is BrCC1=C[C@H]2CC[C@@H]1C2.